The molecule has 1 aromatic rings. The number of unbranched alkanes of at least 4 members (excludes halogenated alkanes) is 5. The lowest BCUT2D eigenvalue weighted by atomic mass is 10.1. The first-order valence-electron chi connectivity index (χ1n) is 6.19. The molecular weight excluding hydrogens is 238 g/mol. The average Bonchev–Trinajstić information content (AvgIpc) is 2.35. The van der Waals surface area contributed by atoms with Crippen LogP contribution >= 0.6 is 11.6 Å². The highest BCUT2D eigenvalue weighted by atomic mass is 35.5. The highest BCUT2D eigenvalue weighted by Gasteiger charge is 2.00. The fourth-order valence-electron chi connectivity index (χ4n) is 1.57. The minimum absolute atomic E-state index is 0.307. The van der Waals surface area contributed by atoms with E-state index in [0.29, 0.717) is 24.1 Å². The number of aliphatic hydroxyl groups excluding tert-OH is 1. The minimum atomic E-state index is 0.307. The SMILES string of the molecule is OCCCCCCCCOc1ncccc1Cl. The van der Waals surface area contributed by atoms with Gasteiger partial charge in [0, 0.05) is 12.8 Å². The maximum atomic E-state index is 8.62. The Bertz CT molecular complexity index is 307. The summed E-state index contributed by atoms with van der Waals surface area (Å²) in [7, 11) is 0. The van der Waals surface area contributed by atoms with Gasteiger partial charge in [0.05, 0.1) is 6.61 Å². The molecule has 1 aromatic heterocycles. The molecule has 3 nitrogen and oxygen atoms in total. The summed E-state index contributed by atoms with van der Waals surface area (Å²) in [5.74, 6) is 0.523. The molecule has 0 bridgehead atoms. The molecule has 0 aliphatic carbocycles. The summed E-state index contributed by atoms with van der Waals surface area (Å²) in [6, 6.07) is 3.56. The molecular formula is C13H20ClNO2. The van der Waals surface area contributed by atoms with Gasteiger partial charge in [-0.3, -0.25) is 0 Å². The average molecular weight is 258 g/mol. The third kappa shape index (κ3) is 6.49. The van der Waals surface area contributed by atoms with Gasteiger partial charge in [-0.25, -0.2) is 4.98 Å². The van der Waals surface area contributed by atoms with Crippen molar-refractivity contribution in [2.45, 2.75) is 38.5 Å². The second kappa shape index (κ2) is 9.25. The van der Waals surface area contributed by atoms with Crippen molar-refractivity contribution in [1.82, 2.24) is 4.98 Å². The van der Waals surface area contributed by atoms with E-state index < -0.39 is 0 Å². The number of hydrogen-bond acceptors (Lipinski definition) is 3. The van der Waals surface area contributed by atoms with Crippen molar-refractivity contribution in [3.8, 4) is 5.88 Å². The number of nitrogens with zero attached hydrogens (tertiary/aromatic N) is 1. The lowest BCUT2D eigenvalue weighted by molar-refractivity contribution is 0.279. The number of ether oxygens (including phenoxy) is 1. The Labute approximate surface area is 108 Å². The van der Waals surface area contributed by atoms with E-state index in [9.17, 15) is 0 Å². The van der Waals surface area contributed by atoms with E-state index in [1.165, 1.54) is 12.8 Å². The molecule has 0 fully saturated rings. The molecule has 96 valence electrons. The molecule has 0 spiro atoms. The van der Waals surface area contributed by atoms with Gasteiger partial charge in [0.25, 0.3) is 0 Å². The quantitative estimate of drug-likeness (QED) is 0.689. The number of pyridine rings is 1. The van der Waals surface area contributed by atoms with E-state index >= 15 is 0 Å². The van der Waals surface area contributed by atoms with E-state index in [1.807, 2.05) is 0 Å². The van der Waals surface area contributed by atoms with Gasteiger partial charge in [-0.05, 0) is 25.0 Å². The molecule has 1 rings (SSSR count). The Morgan fingerprint density at radius 3 is 2.53 bits per heavy atom. The van der Waals surface area contributed by atoms with Crippen LogP contribution in [0.3, 0.4) is 0 Å². The standard InChI is InChI=1S/C13H20ClNO2/c14-12-8-7-9-15-13(12)17-11-6-4-2-1-3-5-10-16/h7-9,16H,1-6,10-11H2. The van der Waals surface area contributed by atoms with Crippen molar-refractivity contribution in [2.24, 2.45) is 0 Å². The molecule has 0 amide bonds. The van der Waals surface area contributed by atoms with Crippen molar-refractivity contribution < 1.29 is 9.84 Å². The predicted molar refractivity (Wildman–Crippen MR) is 69.5 cm³/mol. The number of aliphatic hydroxyl groups is 1. The van der Waals surface area contributed by atoms with Crippen LogP contribution in [0.2, 0.25) is 5.02 Å². The second-order valence-corrected chi connectivity index (χ2v) is 4.39. The van der Waals surface area contributed by atoms with Crippen molar-refractivity contribution in [2.75, 3.05) is 13.2 Å². The fraction of sp³-hybridized carbons (Fsp3) is 0.615. The molecule has 4 heteroatoms. The van der Waals surface area contributed by atoms with Gasteiger partial charge in [-0.15, -0.1) is 0 Å². The predicted octanol–water partition coefficient (Wildman–Crippen LogP) is 3.45. The highest BCUT2D eigenvalue weighted by Crippen LogP contribution is 2.20. The monoisotopic (exact) mass is 257 g/mol. The topological polar surface area (TPSA) is 42.4 Å². The van der Waals surface area contributed by atoms with Gasteiger partial charge in [0.2, 0.25) is 5.88 Å². The van der Waals surface area contributed by atoms with Crippen LogP contribution in [-0.2, 0) is 0 Å². The van der Waals surface area contributed by atoms with Crippen LogP contribution in [0.1, 0.15) is 38.5 Å². The molecule has 0 unspecified atom stereocenters. The summed E-state index contributed by atoms with van der Waals surface area (Å²) in [5, 5.41) is 9.18. The van der Waals surface area contributed by atoms with Crippen molar-refractivity contribution in [3.63, 3.8) is 0 Å². The summed E-state index contributed by atoms with van der Waals surface area (Å²) in [5.41, 5.74) is 0. The Morgan fingerprint density at radius 2 is 1.82 bits per heavy atom. The first-order valence-corrected chi connectivity index (χ1v) is 6.56. The third-order valence-corrected chi connectivity index (χ3v) is 2.80. The molecule has 1 N–H and O–H groups in total. The largest absolute Gasteiger partial charge is 0.477 e. The zero-order valence-electron chi connectivity index (χ0n) is 10.1. The summed E-state index contributed by atoms with van der Waals surface area (Å²) in [6.45, 7) is 0.970. The first-order chi connectivity index (χ1) is 8.34. The molecule has 0 saturated heterocycles. The fourth-order valence-corrected chi connectivity index (χ4v) is 1.74. The van der Waals surface area contributed by atoms with Crippen LogP contribution in [0.4, 0.5) is 0 Å². The molecule has 0 aliphatic heterocycles. The van der Waals surface area contributed by atoms with Crippen LogP contribution < -0.4 is 4.74 Å². The smallest absolute Gasteiger partial charge is 0.232 e. The van der Waals surface area contributed by atoms with Crippen LogP contribution in [-0.4, -0.2) is 23.3 Å². The maximum absolute atomic E-state index is 8.62. The molecule has 0 saturated carbocycles. The van der Waals surface area contributed by atoms with E-state index in [1.54, 1.807) is 18.3 Å². The molecule has 0 aliphatic rings. The minimum Gasteiger partial charge on any atom is -0.477 e. The van der Waals surface area contributed by atoms with Crippen LogP contribution in [0.25, 0.3) is 0 Å². The van der Waals surface area contributed by atoms with E-state index in [0.717, 1.165) is 25.7 Å². The van der Waals surface area contributed by atoms with Gasteiger partial charge < -0.3 is 9.84 Å². The molecule has 1 heterocycles. The zero-order valence-corrected chi connectivity index (χ0v) is 10.8. The molecule has 0 radical (unpaired) electrons. The van der Waals surface area contributed by atoms with Gasteiger partial charge >= 0.3 is 0 Å². The summed E-state index contributed by atoms with van der Waals surface area (Å²) in [6.07, 6.45) is 8.26. The lowest BCUT2D eigenvalue weighted by Gasteiger charge is -2.06. The number of hydrogen-bond donors (Lipinski definition) is 1. The van der Waals surface area contributed by atoms with Crippen LogP contribution in [0.5, 0.6) is 5.88 Å². The number of rotatable bonds is 9. The summed E-state index contributed by atoms with van der Waals surface area (Å²) < 4.78 is 5.48. The Balaban J connectivity index is 1.99. The van der Waals surface area contributed by atoms with Gasteiger partial charge in [0.1, 0.15) is 5.02 Å². The van der Waals surface area contributed by atoms with Gasteiger partial charge in [0.15, 0.2) is 0 Å². The molecule has 17 heavy (non-hydrogen) atoms. The van der Waals surface area contributed by atoms with E-state index in [-0.39, 0.29) is 0 Å². The van der Waals surface area contributed by atoms with Crippen molar-refractivity contribution in [1.29, 1.82) is 0 Å². The Hall–Kier alpha value is -0.800. The molecule has 0 aromatic carbocycles. The first kappa shape index (κ1) is 14.3. The van der Waals surface area contributed by atoms with E-state index in [2.05, 4.69) is 4.98 Å². The second-order valence-electron chi connectivity index (χ2n) is 3.98. The van der Waals surface area contributed by atoms with Crippen LogP contribution in [0, 0.1) is 0 Å². The summed E-state index contributed by atoms with van der Waals surface area (Å²) >= 11 is 5.91. The number of aromatic nitrogens is 1. The number of halogens is 1. The normalized spacial score (nSPS) is 10.5. The summed E-state index contributed by atoms with van der Waals surface area (Å²) in [4.78, 5) is 4.05. The van der Waals surface area contributed by atoms with E-state index in [4.69, 9.17) is 21.4 Å². The zero-order chi connectivity index (χ0) is 12.3. The van der Waals surface area contributed by atoms with Crippen LogP contribution in [0.15, 0.2) is 18.3 Å². The Kier molecular flexibility index (Phi) is 7.76. The lowest BCUT2D eigenvalue weighted by Crippen LogP contribution is -1.99. The Morgan fingerprint density at radius 1 is 1.12 bits per heavy atom. The van der Waals surface area contributed by atoms with Gasteiger partial charge in [-0.1, -0.05) is 37.3 Å². The third-order valence-electron chi connectivity index (χ3n) is 2.52. The maximum Gasteiger partial charge on any atom is 0.232 e. The highest BCUT2D eigenvalue weighted by molar-refractivity contribution is 6.31. The molecule has 0 atom stereocenters. The van der Waals surface area contributed by atoms with Gasteiger partial charge in [-0.2, -0.15) is 0 Å². The van der Waals surface area contributed by atoms with Crippen molar-refractivity contribution >= 4 is 11.6 Å². The van der Waals surface area contributed by atoms with Crippen molar-refractivity contribution in [3.05, 3.63) is 23.4 Å².